The Morgan fingerprint density at radius 3 is 2.93 bits per heavy atom. The fraction of sp³-hybridized carbons (Fsp3) is 0.364. The minimum Gasteiger partial charge on any atom is -0.366 e. The molecule has 1 aromatic rings. The summed E-state index contributed by atoms with van der Waals surface area (Å²) in [6.07, 6.45) is 0. The van der Waals surface area contributed by atoms with Gasteiger partial charge in [0.2, 0.25) is 5.91 Å². The number of nitrogens with one attached hydrogen (secondary N) is 2. The molecule has 80 valence electrons. The maximum atomic E-state index is 11.0. The van der Waals surface area contributed by atoms with Crippen LogP contribution in [-0.4, -0.2) is 25.5 Å². The van der Waals surface area contributed by atoms with Gasteiger partial charge >= 0.3 is 0 Å². The summed E-state index contributed by atoms with van der Waals surface area (Å²) in [5, 5.41) is 6.69. The molecular weight excluding hydrogens is 190 g/mol. The molecule has 2 rings (SSSR count). The minimum atomic E-state index is -0.374. The first-order valence-electron chi connectivity index (χ1n) is 5.11. The average Bonchev–Trinajstić information content (AvgIpc) is 2.30. The van der Waals surface area contributed by atoms with Crippen molar-refractivity contribution in [2.75, 3.05) is 19.6 Å². The number of rotatable bonds is 2. The maximum absolute atomic E-state index is 11.0. The fourth-order valence-corrected chi connectivity index (χ4v) is 1.80. The highest BCUT2D eigenvalue weighted by atomic mass is 16.1. The van der Waals surface area contributed by atoms with Crippen molar-refractivity contribution in [3.05, 3.63) is 35.4 Å². The Morgan fingerprint density at radius 1 is 1.40 bits per heavy atom. The largest absolute Gasteiger partial charge is 0.366 e. The monoisotopic (exact) mass is 205 g/mol. The van der Waals surface area contributed by atoms with E-state index in [1.54, 1.807) is 6.07 Å². The highest BCUT2D eigenvalue weighted by molar-refractivity contribution is 5.92. The van der Waals surface area contributed by atoms with Crippen LogP contribution < -0.4 is 16.4 Å². The van der Waals surface area contributed by atoms with E-state index in [2.05, 4.69) is 10.6 Å². The molecule has 4 heteroatoms. The molecule has 0 aromatic heterocycles. The van der Waals surface area contributed by atoms with Gasteiger partial charge in [0, 0.05) is 31.2 Å². The number of carbonyl (C=O) groups excluding carboxylic acids is 1. The van der Waals surface area contributed by atoms with Crippen LogP contribution in [0.4, 0.5) is 0 Å². The molecule has 0 aliphatic carbocycles. The Balaban J connectivity index is 2.19. The van der Waals surface area contributed by atoms with Crippen LogP contribution in [0.25, 0.3) is 0 Å². The van der Waals surface area contributed by atoms with E-state index in [1.165, 1.54) is 0 Å². The standard InChI is InChI=1S/C11H15N3O/c12-11(15)9-3-1-2-8(6-9)10-7-13-4-5-14-10/h1-3,6,10,13-14H,4-5,7H2,(H2,12,15)/t10-/m1/s1. The van der Waals surface area contributed by atoms with Gasteiger partial charge in [-0.25, -0.2) is 0 Å². The Bertz CT molecular complexity index is 359. The van der Waals surface area contributed by atoms with Crippen LogP contribution in [0.1, 0.15) is 22.0 Å². The second-order valence-corrected chi connectivity index (χ2v) is 3.70. The molecule has 0 spiro atoms. The van der Waals surface area contributed by atoms with Crippen molar-refractivity contribution in [2.45, 2.75) is 6.04 Å². The topological polar surface area (TPSA) is 67.2 Å². The van der Waals surface area contributed by atoms with Gasteiger partial charge in [0.05, 0.1) is 0 Å². The zero-order valence-electron chi connectivity index (χ0n) is 8.49. The predicted molar refractivity (Wildman–Crippen MR) is 58.6 cm³/mol. The van der Waals surface area contributed by atoms with Crippen molar-refractivity contribution in [1.29, 1.82) is 0 Å². The summed E-state index contributed by atoms with van der Waals surface area (Å²) in [4.78, 5) is 11.0. The van der Waals surface area contributed by atoms with Crippen LogP contribution in [0.2, 0.25) is 0 Å². The molecule has 1 aliphatic heterocycles. The summed E-state index contributed by atoms with van der Waals surface area (Å²) in [5.41, 5.74) is 6.92. The van der Waals surface area contributed by atoms with E-state index >= 15 is 0 Å². The zero-order valence-corrected chi connectivity index (χ0v) is 8.49. The lowest BCUT2D eigenvalue weighted by Gasteiger charge is -2.25. The predicted octanol–water partition coefficient (Wildman–Crippen LogP) is 0.0194. The Hall–Kier alpha value is -1.39. The molecule has 15 heavy (non-hydrogen) atoms. The molecule has 1 amide bonds. The van der Waals surface area contributed by atoms with Gasteiger partial charge in [-0.3, -0.25) is 4.79 Å². The highest BCUT2D eigenvalue weighted by Gasteiger charge is 2.14. The van der Waals surface area contributed by atoms with Gasteiger partial charge in [-0.2, -0.15) is 0 Å². The average molecular weight is 205 g/mol. The van der Waals surface area contributed by atoms with E-state index in [9.17, 15) is 4.79 Å². The van der Waals surface area contributed by atoms with Crippen LogP contribution in [0.5, 0.6) is 0 Å². The van der Waals surface area contributed by atoms with E-state index < -0.39 is 0 Å². The zero-order chi connectivity index (χ0) is 10.7. The van der Waals surface area contributed by atoms with E-state index in [0.29, 0.717) is 5.56 Å². The van der Waals surface area contributed by atoms with Crippen molar-refractivity contribution in [3.63, 3.8) is 0 Å². The molecule has 1 saturated heterocycles. The van der Waals surface area contributed by atoms with Gasteiger partial charge in [0.25, 0.3) is 0 Å². The number of carbonyl (C=O) groups is 1. The number of hydrogen-bond acceptors (Lipinski definition) is 3. The minimum absolute atomic E-state index is 0.276. The first kappa shape index (κ1) is 10.1. The highest BCUT2D eigenvalue weighted by Crippen LogP contribution is 2.15. The molecule has 4 N–H and O–H groups in total. The smallest absolute Gasteiger partial charge is 0.248 e. The molecule has 1 aromatic carbocycles. The molecule has 1 aliphatic rings. The molecule has 1 fully saturated rings. The van der Waals surface area contributed by atoms with Gasteiger partial charge < -0.3 is 16.4 Å². The molecule has 0 bridgehead atoms. The molecule has 1 atom stereocenters. The van der Waals surface area contributed by atoms with Gasteiger partial charge in [-0.05, 0) is 17.7 Å². The summed E-state index contributed by atoms with van der Waals surface area (Å²) in [6, 6.07) is 7.75. The summed E-state index contributed by atoms with van der Waals surface area (Å²) in [5.74, 6) is -0.374. The molecule has 0 saturated carbocycles. The lowest BCUT2D eigenvalue weighted by atomic mass is 10.0. The first-order chi connectivity index (χ1) is 7.27. The maximum Gasteiger partial charge on any atom is 0.248 e. The van der Waals surface area contributed by atoms with Crippen molar-refractivity contribution >= 4 is 5.91 Å². The number of primary amides is 1. The van der Waals surface area contributed by atoms with Crippen LogP contribution in [0.15, 0.2) is 24.3 Å². The molecular formula is C11H15N3O. The normalized spacial score (nSPS) is 21.2. The van der Waals surface area contributed by atoms with Gasteiger partial charge in [0.1, 0.15) is 0 Å². The number of amides is 1. The van der Waals surface area contributed by atoms with Crippen molar-refractivity contribution in [3.8, 4) is 0 Å². The lowest BCUT2D eigenvalue weighted by molar-refractivity contribution is 0.1000. The lowest BCUT2D eigenvalue weighted by Crippen LogP contribution is -2.42. The van der Waals surface area contributed by atoms with Crippen molar-refractivity contribution in [1.82, 2.24) is 10.6 Å². The number of hydrogen-bond donors (Lipinski definition) is 3. The van der Waals surface area contributed by atoms with Crippen LogP contribution in [0, 0.1) is 0 Å². The number of nitrogens with two attached hydrogens (primary N) is 1. The second-order valence-electron chi connectivity index (χ2n) is 3.70. The molecule has 4 nitrogen and oxygen atoms in total. The summed E-state index contributed by atoms with van der Waals surface area (Å²) >= 11 is 0. The quantitative estimate of drug-likeness (QED) is 0.637. The van der Waals surface area contributed by atoms with Crippen LogP contribution in [-0.2, 0) is 0 Å². The Labute approximate surface area is 88.9 Å². The van der Waals surface area contributed by atoms with Gasteiger partial charge in [0.15, 0.2) is 0 Å². The van der Waals surface area contributed by atoms with E-state index in [4.69, 9.17) is 5.73 Å². The van der Waals surface area contributed by atoms with E-state index in [0.717, 1.165) is 25.2 Å². The summed E-state index contributed by atoms with van der Waals surface area (Å²) < 4.78 is 0. The van der Waals surface area contributed by atoms with E-state index in [-0.39, 0.29) is 11.9 Å². The summed E-state index contributed by atoms with van der Waals surface area (Å²) in [6.45, 7) is 2.83. The van der Waals surface area contributed by atoms with Crippen LogP contribution >= 0.6 is 0 Å². The number of benzene rings is 1. The first-order valence-corrected chi connectivity index (χ1v) is 5.11. The number of piperazine rings is 1. The summed E-state index contributed by atoms with van der Waals surface area (Å²) in [7, 11) is 0. The van der Waals surface area contributed by atoms with Gasteiger partial charge in [-0.1, -0.05) is 12.1 Å². The Kier molecular flexibility index (Phi) is 2.99. The van der Waals surface area contributed by atoms with Crippen LogP contribution in [0.3, 0.4) is 0 Å². The van der Waals surface area contributed by atoms with Gasteiger partial charge in [-0.15, -0.1) is 0 Å². The molecule has 1 heterocycles. The fourth-order valence-electron chi connectivity index (χ4n) is 1.80. The second kappa shape index (κ2) is 4.42. The molecule has 0 radical (unpaired) electrons. The van der Waals surface area contributed by atoms with Crippen molar-refractivity contribution in [2.24, 2.45) is 5.73 Å². The third-order valence-corrected chi connectivity index (χ3v) is 2.61. The molecule has 0 unspecified atom stereocenters. The SMILES string of the molecule is NC(=O)c1cccc([C@H]2CNCCN2)c1. The third kappa shape index (κ3) is 2.34. The van der Waals surface area contributed by atoms with Crippen molar-refractivity contribution < 1.29 is 4.79 Å². The third-order valence-electron chi connectivity index (χ3n) is 2.61. The Morgan fingerprint density at radius 2 is 2.27 bits per heavy atom. The van der Waals surface area contributed by atoms with E-state index in [1.807, 2.05) is 18.2 Å².